The number of fused-ring (bicyclic) bond motifs is 1. The molecule has 1 aliphatic heterocycles. The van der Waals surface area contributed by atoms with Gasteiger partial charge in [-0.25, -0.2) is 4.79 Å². The minimum absolute atomic E-state index is 0.215. The number of hydrogen-bond donors (Lipinski definition) is 1. The molecule has 0 aromatic heterocycles. The minimum atomic E-state index is -0.436. The van der Waals surface area contributed by atoms with Gasteiger partial charge in [-0.05, 0) is 52.6 Å². The molecule has 0 atom stereocenters. The maximum Gasteiger partial charge on any atom is 0.329 e. The molecule has 1 saturated heterocycles. The van der Waals surface area contributed by atoms with E-state index in [-0.39, 0.29) is 18.1 Å². The highest BCUT2D eigenvalue weighted by Gasteiger charge is 2.33. The molecule has 1 heterocycles. The first-order valence-electron chi connectivity index (χ1n) is 11.7. The molecule has 180 valence electrons. The second-order valence-corrected chi connectivity index (χ2v) is 8.70. The topological polar surface area (TPSA) is 67.9 Å². The molecule has 0 unspecified atom stereocenters. The summed E-state index contributed by atoms with van der Waals surface area (Å²) in [5.74, 6) is 0.768. The van der Waals surface area contributed by atoms with E-state index in [1.54, 1.807) is 19.3 Å². The molecule has 5 rings (SSSR count). The quantitative estimate of drug-likeness (QED) is 0.268. The third-order valence-electron chi connectivity index (χ3n) is 6.19. The highest BCUT2D eigenvalue weighted by Crippen LogP contribution is 2.31. The molecule has 0 spiro atoms. The summed E-state index contributed by atoms with van der Waals surface area (Å²) < 4.78 is 11.6. The summed E-state index contributed by atoms with van der Waals surface area (Å²) in [5.41, 5.74) is 4.02. The number of urea groups is 1. The molecule has 1 fully saturated rings. The lowest BCUT2D eigenvalue weighted by Gasteiger charge is -2.13. The molecule has 1 aliphatic rings. The van der Waals surface area contributed by atoms with Crippen molar-refractivity contribution in [2.45, 2.75) is 20.1 Å². The molecular formula is C30H26N2O4. The maximum absolute atomic E-state index is 12.9. The number of amides is 3. The number of ether oxygens (including phenoxy) is 2. The zero-order valence-electron chi connectivity index (χ0n) is 20.2. The number of benzene rings is 4. The Hall–Kier alpha value is -4.58. The fraction of sp³-hybridized carbons (Fsp3) is 0.133. The second kappa shape index (κ2) is 9.96. The lowest BCUT2D eigenvalue weighted by atomic mass is 10.1. The van der Waals surface area contributed by atoms with Crippen molar-refractivity contribution in [1.29, 1.82) is 0 Å². The van der Waals surface area contributed by atoms with Gasteiger partial charge in [-0.1, -0.05) is 78.4 Å². The van der Waals surface area contributed by atoms with Gasteiger partial charge in [-0.2, -0.15) is 0 Å². The molecule has 1 N–H and O–H groups in total. The van der Waals surface area contributed by atoms with Crippen LogP contribution < -0.4 is 14.8 Å². The van der Waals surface area contributed by atoms with Crippen LogP contribution in [0.25, 0.3) is 16.8 Å². The fourth-order valence-corrected chi connectivity index (χ4v) is 4.22. The predicted molar refractivity (Wildman–Crippen MR) is 140 cm³/mol. The number of methoxy groups -OCH3 is 1. The number of aryl methyl sites for hydroxylation is 1. The Bertz CT molecular complexity index is 1470. The van der Waals surface area contributed by atoms with Crippen LogP contribution in [-0.4, -0.2) is 23.9 Å². The van der Waals surface area contributed by atoms with E-state index in [9.17, 15) is 9.59 Å². The average Bonchev–Trinajstić information content (AvgIpc) is 3.16. The van der Waals surface area contributed by atoms with Crippen molar-refractivity contribution in [1.82, 2.24) is 10.2 Å². The summed E-state index contributed by atoms with van der Waals surface area (Å²) >= 11 is 0. The summed E-state index contributed by atoms with van der Waals surface area (Å²) in [7, 11) is 1.57. The molecular weight excluding hydrogens is 452 g/mol. The predicted octanol–water partition coefficient (Wildman–Crippen LogP) is 5.83. The van der Waals surface area contributed by atoms with Gasteiger partial charge in [0.25, 0.3) is 5.91 Å². The van der Waals surface area contributed by atoms with Gasteiger partial charge in [0.1, 0.15) is 12.3 Å². The van der Waals surface area contributed by atoms with Crippen LogP contribution in [0.4, 0.5) is 4.79 Å². The van der Waals surface area contributed by atoms with Crippen LogP contribution in [0.3, 0.4) is 0 Å². The SMILES string of the molecule is COc1cc(C=C2NC(=O)N(Cc3ccc(C)cc3)C2=O)ccc1OCc1cccc2ccccc12. The molecule has 4 aromatic rings. The fourth-order valence-electron chi connectivity index (χ4n) is 4.22. The molecule has 0 bridgehead atoms. The van der Waals surface area contributed by atoms with E-state index in [4.69, 9.17) is 9.47 Å². The summed E-state index contributed by atoms with van der Waals surface area (Å²) in [6, 6.07) is 27.1. The van der Waals surface area contributed by atoms with Crippen LogP contribution in [0, 0.1) is 6.92 Å². The van der Waals surface area contributed by atoms with Crippen molar-refractivity contribution in [3.8, 4) is 11.5 Å². The molecule has 6 heteroatoms. The van der Waals surface area contributed by atoms with E-state index in [0.717, 1.165) is 27.5 Å². The van der Waals surface area contributed by atoms with Gasteiger partial charge in [-0.3, -0.25) is 9.69 Å². The lowest BCUT2D eigenvalue weighted by molar-refractivity contribution is -0.123. The number of nitrogens with one attached hydrogen (secondary N) is 1. The van der Waals surface area contributed by atoms with Crippen molar-refractivity contribution < 1.29 is 19.1 Å². The lowest BCUT2D eigenvalue weighted by Crippen LogP contribution is -2.30. The van der Waals surface area contributed by atoms with E-state index in [2.05, 4.69) is 23.5 Å². The highest BCUT2D eigenvalue weighted by molar-refractivity contribution is 6.13. The summed E-state index contributed by atoms with van der Waals surface area (Å²) in [6.45, 7) is 2.60. The number of rotatable bonds is 7. The van der Waals surface area contributed by atoms with E-state index in [0.29, 0.717) is 23.7 Å². The Morgan fingerprint density at radius 1 is 0.889 bits per heavy atom. The van der Waals surface area contributed by atoms with E-state index in [1.165, 1.54) is 4.90 Å². The number of nitrogens with zero attached hydrogens (tertiary/aromatic N) is 1. The Kier molecular flexibility index (Phi) is 6.41. The molecule has 4 aromatic carbocycles. The number of imide groups is 1. The van der Waals surface area contributed by atoms with Crippen molar-refractivity contribution in [3.63, 3.8) is 0 Å². The zero-order valence-corrected chi connectivity index (χ0v) is 20.2. The number of hydrogen-bond acceptors (Lipinski definition) is 4. The van der Waals surface area contributed by atoms with E-state index < -0.39 is 6.03 Å². The highest BCUT2D eigenvalue weighted by atomic mass is 16.5. The number of carbonyl (C=O) groups excluding carboxylic acids is 2. The first-order valence-corrected chi connectivity index (χ1v) is 11.7. The smallest absolute Gasteiger partial charge is 0.329 e. The van der Waals surface area contributed by atoms with Crippen LogP contribution in [0.15, 0.2) is 90.6 Å². The van der Waals surface area contributed by atoms with Crippen molar-refractivity contribution >= 4 is 28.8 Å². The van der Waals surface area contributed by atoms with Gasteiger partial charge in [0.2, 0.25) is 0 Å². The monoisotopic (exact) mass is 478 g/mol. The Morgan fingerprint density at radius 2 is 1.67 bits per heavy atom. The van der Waals surface area contributed by atoms with Crippen molar-refractivity contribution in [3.05, 3.63) is 113 Å². The van der Waals surface area contributed by atoms with Gasteiger partial charge in [0.15, 0.2) is 11.5 Å². The van der Waals surface area contributed by atoms with Crippen LogP contribution in [0.5, 0.6) is 11.5 Å². The normalized spacial score (nSPS) is 14.4. The minimum Gasteiger partial charge on any atom is -0.493 e. The summed E-state index contributed by atoms with van der Waals surface area (Å²) in [4.78, 5) is 26.6. The first kappa shape index (κ1) is 23.2. The largest absolute Gasteiger partial charge is 0.493 e. The second-order valence-electron chi connectivity index (χ2n) is 8.70. The maximum atomic E-state index is 12.9. The Balaban J connectivity index is 1.32. The van der Waals surface area contributed by atoms with Crippen LogP contribution in [-0.2, 0) is 17.9 Å². The molecule has 0 aliphatic carbocycles. The van der Waals surface area contributed by atoms with Crippen LogP contribution in [0.2, 0.25) is 0 Å². The van der Waals surface area contributed by atoms with Gasteiger partial charge in [0, 0.05) is 0 Å². The van der Waals surface area contributed by atoms with Crippen molar-refractivity contribution in [2.75, 3.05) is 7.11 Å². The standard InChI is InChI=1S/C30H26N2O4/c1-20-10-12-21(13-11-20)18-32-29(33)26(31-30(32)34)16-22-14-15-27(28(17-22)35-2)36-19-24-8-5-7-23-6-3-4-9-25(23)24/h3-17H,18-19H2,1-2H3,(H,31,34). The van der Waals surface area contributed by atoms with Gasteiger partial charge < -0.3 is 14.8 Å². The third-order valence-corrected chi connectivity index (χ3v) is 6.19. The van der Waals surface area contributed by atoms with Crippen molar-refractivity contribution in [2.24, 2.45) is 0 Å². The summed E-state index contributed by atoms with van der Waals surface area (Å²) in [5, 5.41) is 4.98. The molecule has 3 amide bonds. The molecule has 36 heavy (non-hydrogen) atoms. The Morgan fingerprint density at radius 3 is 2.47 bits per heavy atom. The number of carbonyl (C=O) groups is 2. The van der Waals surface area contributed by atoms with Gasteiger partial charge >= 0.3 is 6.03 Å². The molecule has 6 nitrogen and oxygen atoms in total. The van der Waals surface area contributed by atoms with Crippen LogP contribution >= 0.6 is 0 Å². The average molecular weight is 479 g/mol. The van der Waals surface area contributed by atoms with Crippen LogP contribution in [0.1, 0.15) is 22.3 Å². The Labute approximate surface area is 209 Å². The molecule has 0 radical (unpaired) electrons. The van der Waals surface area contributed by atoms with E-state index in [1.807, 2.05) is 67.6 Å². The summed E-state index contributed by atoms with van der Waals surface area (Å²) in [6.07, 6.45) is 1.65. The van der Waals surface area contributed by atoms with Gasteiger partial charge in [-0.15, -0.1) is 0 Å². The third kappa shape index (κ3) is 4.79. The van der Waals surface area contributed by atoms with E-state index >= 15 is 0 Å². The zero-order chi connectivity index (χ0) is 25.1. The first-order chi connectivity index (χ1) is 17.5. The molecule has 0 saturated carbocycles. The van der Waals surface area contributed by atoms with Gasteiger partial charge in [0.05, 0.1) is 13.7 Å².